The Labute approximate surface area is 455 Å². The lowest BCUT2D eigenvalue weighted by Crippen LogP contribution is -2.28. The van der Waals surface area contributed by atoms with Gasteiger partial charge in [-0.25, -0.2) is 0 Å². The van der Waals surface area contributed by atoms with E-state index in [0.29, 0.717) is 12.8 Å². The van der Waals surface area contributed by atoms with Gasteiger partial charge in [-0.05, 0) is 128 Å². The van der Waals surface area contributed by atoms with Crippen molar-refractivity contribution < 1.29 is 24.2 Å². The van der Waals surface area contributed by atoms with E-state index in [1.165, 1.54) is 70.6 Å². The van der Waals surface area contributed by atoms with Crippen LogP contribution in [0, 0.1) is 0 Å². The van der Waals surface area contributed by atoms with Crippen molar-refractivity contribution in [2.75, 3.05) is 13.2 Å². The van der Waals surface area contributed by atoms with Gasteiger partial charge in [0.1, 0.15) is 6.61 Å². The summed E-state index contributed by atoms with van der Waals surface area (Å²) in [6.07, 6.45) is 97.6. The number of ether oxygens (including phenoxy) is 2. The van der Waals surface area contributed by atoms with Gasteiger partial charge in [0, 0.05) is 12.8 Å². The molecule has 0 bridgehead atoms. The molecule has 0 aliphatic rings. The Morgan fingerprint density at radius 1 is 0.311 bits per heavy atom. The fourth-order valence-electron chi connectivity index (χ4n) is 7.63. The molecule has 0 aromatic heterocycles. The largest absolute Gasteiger partial charge is 0.462 e. The molecule has 74 heavy (non-hydrogen) atoms. The summed E-state index contributed by atoms with van der Waals surface area (Å²) in [4.78, 5) is 24.5. The summed E-state index contributed by atoms with van der Waals surface area (Å²) >= 11 is 0. The number of carbonyl (C=O) groups excluding carboxylic acids is 2. The van der Waals surface area contributed by atoms with Crippen LogP contribution in [0.2, 0.25) is 0 Å². The van der Waals surface area contributed by atoms with E-state index in [4.69, 9.17) is 9.47 Å². The van der Waals surface area contributed by atoms with E-state index in [2.05, 4.69) is 184 Å². The third-order valence-electron chi connectivity index (χ3n) is 12.0. The molecule has 1 atom stereocenters. The van der Waals surface area contributed by atoms with Crippen molar-refractivity contribution in [1.82, 2.24) is 0 Å². The molecule has 414 valence electrons. The SMILES string of the molecule is CC/C=C\C/C=C\C/C=C\C/C=C\C/C=C\C/C=C\C/C=C\C/C=C\C/C=C\CCCCCCCCCCCCCCCC(=O)OC(CO)COC(=O)CCCCC/C=C\C/C=C\C/C=C\C/C=C\C/C=C\CC. The lowest BCUT2D eigenvalue weighted by Gasteiger charge is -2.15. The van der Waals surface area contributed by atoms with E-state index in [1.54, 1.807) is 0 Å². The molecule has 0 fully saturated rings. The van der Waals surface area contributed by atoms with Crippen LogP contribution in [0.3, 0.4) is 0 Å². The van der Waals surface area contributed by atoms with Gasteiger partial charge in [0.2, 0.25) is 0 Å². The first kappa shape index (κ1) is 69.3. The lowest BCUT2D eigenvalue weighted by atomic mass is 10.0. The predicted octanol–water partition coefficient (Wildman–Crippen LogP) is 20.5. The smallest absolute Gasteiger partial charge is 0.306 e. The molecule has 0 rings (SSSR count). The number of aliphatic hydroxyl groups excluding tert-OH is 1. The third-order valence-corrected chi connectivity index (χ3v) is 12.0. The highest BCUT2D eigenvalue weighted by molar-refractivity contribution is 5.70. The minimum atomic E-state index is -0.799. The van der Waals surface area contributed by atoms with Crippen molar-refractivity contribution in [3.05, 3.63) is 170 Å². The standard InChI is InChI=1S/C69H108O5/c1-3-5-7-9-11-13-15-17-19-21-23-24-25-26-27-28-29-30-31-32-33-34-35-36-37-38-39-40-41-42-43-44-46-48-50-52-54-56-58-60-62-64-69(72)74-67(65-70)66-73-68(71)63-61-59-57-55-53-51-49-47-45-22-20-18-16-14-12-10-8-6-4-2/h5-8,11-14,17-20,23-24,26-27,29-30,32-33,35-36,38-39,45,47,51,53,67,70H,3-4,9-10,15-16,21-22,25,28,31,34,37,40-44,46,48-50,52,54-66H2,1-2H3/b7-5-,8-6-,13-11-,14-12-,19-17-,20-18-,24-23-,27-26-,30-29-,33-32-,36-35-,39-38-,47-45-,53-51-. The number of hydrogen-bond donors (Lipinski definition) is 1. The van der Waals surface area contributed by atoms with Crippen molar-refractivity contribution in [3.8, 4) is 0 Å². The van der Waals surface area contributed by atoms with Gasteiger partial charge in [0.25, 0.3) is 0 Å². The van der Waals surface area contributed by atoms with Crippen LogP contribution in [0.5, 0.6) is 0 Å². The van der Waals surface area contributed by atoms with Crippen molar-refractivity contribution in [2.45, 2.75) is 238 Å². The Bertz CT molecular complexity index is 1670. The van der Waals surface area contributed by atoms with Crippen LogP contribution in [-0.4, -0.2) is 36.4 Å². The van der Waals surface area contributed by atoms with E-state index in [9.17, 15) is 14.7 Å². The number of allylic oxidation sites excluding steroid dienone is 28. The van der Waals surface area contributed by atoms with Crippen molar-refractivity contribution in [3.63, 3.8) is 0 Å². The Morgan fingerprint density at radius 3 is 0.824 bits per heavy atom. The van der Waals surface area contributed by atoms with E-state index >= 15 is 0 Å². The summed E-state index contributed by atoms with van der Waals surface area (Å²) in [7, 11) is 0. The Kier molecular flexibility index (Phi) is 58.5. The summed E-state index contributed by atoms with van der Waals surface area (Å²) in [6, 6.07) is 0. The van der Waals surface area contributed by atoms with Crippen LogP contribution < -0.4 is 0 Å². The van der Waals surface area contributed by atoms with Gasteiger partial charge >= 0.3 is 11.9 Å². The second-order valence-corrected chi connectivity index (χ2v) is 19.0. The Balaban J connectivity index is 3.59. The van der Waals surface area contributed by atoms with Gasteiger partial charge in [-0.3, -0.25) is 9.59 Å². The van der Waals surface area contributed by atoms with E-state index < -0.39 is 6.10 Å². The van der Waals surface area contributed by atoms with Crippen LogP contribution >= 0.6 is 0 Å². The topological polar surface area (TPSA) is 72.8 Å². The average Bonchev–Trinajstić information content (AvgIpc) is 3.40. The van der Waals surface area contributed by atoms with Gasteiger partial charge in [-0.1, -0.05) is 261 Å². The second kappa shape index (κ2) is 62.6. The van der Waals surface area contributed by atoms with Gasteiger partial charge < -0.3 is 14.6 Å². The molecular weight excluding hydrogens is 909 g/mol. The normalized spacial score (nSPS) is 13.5. The summed E-state index contributed by atoms with van der Waals surface area (Å²) in [5.74, 6) is -0.639. The summed E-state index contributed by atoms with van der Waals surface area (Å²) in [6.45, 7) is 3.87. The molecule has 0 aliphatic heterocycles. The summed E-state index contributed by atoms with van der Waals surface area (Å²) < 4.78 is 10.7. The molecule has 0 saturated carbocycles. The molecule has 0 amide bonds. The Hall–Kier alpha value is -4.74. The Morgan fingerprint density at radius 2 is 0.541 bits per heavy atom. The number of aliphatic hydroxyl groups is 1. The number of esters is 2. The van der Waals surface area contributed by atoms with Crippen LogP contribution in [0.4, 0.5) is 0 Å². The van der Waals surface area contributed by atoms with Gasteiger partial charge in [-0.2, -0.15) is 0 Å². The molecule has 5 heteroatoms. The highest BCUT2D eigenvalue weighted by Gasteiger charge is 2.16. The molecule has 0 spiro atoms. The first-order valence-electron chi connectivity index (χ1n) is 29.7. The molecule has 0 aliphatic carbocycles. The van der Waals surface area contributed by atoms with Crippen LogP contribution in [-0.2, 0) is 19.1 Å². The molecule has 1 N–H and O–H groups in total. The van der Waals surface area contributed by atoms with E-state index in [0.717, 1.165) is 135 Å². The first-order chi connectivity index (χ1) is 36.6. The minimum Gasteiger partial charge on any atom is -0.462 e. The highest BCUT2D eigenvalue weighted by atomic mass is 16.6. The monoisotopic (exact) mass is 1020 g/mol. The molecule has 0 aromatic carbocycles. The van der Waals surface area contributed by atoms with Crippen molar-refractivity contribution in [1.29, 1.82) is 0 Å². The lowest BCUT2D eigenvalue weighted by molar-refractivity contribution is -0.161. The minimum absolute atomic E-state index is 0.0927. The van der Waals surface area contributed by atoms with Crippen LogP contribution in [0.1, 0.15) is 232 Å². The summed E-state index contributed by atoms with van der Waals surface area (Å²) in [5, 5.41) is 9.65. The zero-order valence-electron chi connectivity index (χ0n) is 47.3. The van der Waals surface area contributed by atoms with Crippen LogP contribution in [0.15, 0.2) is 170 Å². The quantitative estimate of drug-likeness (QED) is 0.0373. The molecule has 0 radical (unpaired) electrons. The molecule has 1 unspecified atom stereocenters. The maximum atomic E-state index is 12.3. The number of carbonyl (C=O) groups is 2. The highest BCUT2D eigenvalue weighted by Crippen LogP contribution is 2.15. The molecule has 0 saturated heterocycles. The fourth-order valence-corrected chi connectivity index (χ4v) is 7.63. The third kappa shape index (κ3) is 59.8. The first-order valence-corrected chi connectivity index (χ1v) is 29.7. The van der Waals surface area contributed by atoms with Crippen molar-refractivity contribution >= 4 is 11.9 Å². The molecule has 0 aromatic rings. The van der Waals surface area contributed by atoms with Gasteiger partial charge in [-0.15, -0.1) is 0 Å². The molecular formula is C69H108O5. The van der Waals surface area contributed by atoms with E-state index in [-0.39, 0.29) is 25.2 Å². The number of rotatable bonds is 52. The molecule has 0 heterocycles. The summed E-state index contributed by atoms with van der Waals surface area (Å²) in [5.41, 5.74) is 0. The zero-order valence-corrected chi connectivity index (χ0v) is 47.3. The maximum Gasteiger partial charge on any atom is 0.306 e. The van der Waals surface area contributed by atoms with Gasteiger partial charge in [0.05, 0.1) is 6.61 Å². The second-order valence-electron chi connectivity index (χ2n) is 19.0. The van der Waals surface area contributed by atoms with Gasteiger partial charge in [0.15, 0.2) is 6.10 Å². The average molecular weight is 1020 g/mol. The zero-order chi connectivity index (χ0) is 53.4. The maximum absolute atomic E-state index is 12.3. The number of unbranched alkanes of at least 4 members (excludes halogenated alkanes) is 16. The van der Waals surface area contributed by atoms with Crippen LogP contribution in [0.25, 0.3) is 0 Å². The van der Waals surface area contributed by atoms with E-state index in [1.807, 2.05) is 0 Å². The predicted molar refractivity (Wildman–Crippen MR) is 324 cm³/mol. The fraction of sp³-hybridized carbons (Fsp3) is 0.565. The van der Waals surface area contributed by atoms with Crippen molar-refractivity contribution in [2.24, 2.45) is 0 Å². The number of hydrogen-bond acceptors (Lipinski definition) is 5. The molecule has 5 nitrogen and oxygen atoms in total.